The minimum absolute atomic E-state index is 0.454. The molecule has 0 amide bonds. The zero-order valence-corrected chi connectivity index (χ0v) is 14.6. The third-order valence-electron chi connectivity index (χ3n) is 3.61. The molecule has 3 aromatic rings. The minimum atomic E-state index is 0.454. The minimum Gasteiger partial charge on any atom is -0.495 e. The first-order valence-corrected chi connectivity index (χ1v) is 7.70. The molecule has 0 N–H and O–H groups in total. The lowest BCUT2D eigenvalue weighted by atomic mass is 10.3. The molecule has 2 aromatic heterocycles. The highest BCUT2D eigenvalue weighted by molar-refractivity contribution is 6.32. The van der Waals surface area contributed by atoms with Gasteiger partial charge in [0.05, 0.1) is 24.9 Å². The lowest BCUT2D eigenvalue weighted by molar-refractivity contribution is 0.404. The van der Waals surface area contributed by atoms with Gasteiger partial charge >= 0.3 is 0 Å². The van der Waals surface area contributed by atoms with Crippen LogP contribution in [0.3, 0.4) is 0 Å². The smallest absolute Gasteiger partial charge is 0.182 e. The quantitative estimate of drug-likeness (QED) is 0.623. The van der Waals surface area contributed by atoms with Crippen LogP contribution >= 0.6 is 11.6 Å². The number of pyridine rings is 1. The molecule has 2 heterocycles. The van der Waals surface area contributed by atoms with Crippen molar-refractivity contribution in [2.45, 2.75) is 13.8 Å². The Labute approximate surface area is 144 Å². The van der Waals surface area contributed by atoms with E-state index >= 15 is 0 Å². The molecular weight excluding hydrogens is 328 g/mol. The van der Waals surface area contributed by atoms with Gasteiger partial charge in [-0.25, -0.2) is 4.98 Å². The van der Waals surface area contributed by atoms with Crippen molar-refractivity contribution in [2.24, 2.45) is 10.2 Å². The molecule has 0 unspecified atom stereocenters. The molecule has 0 saturated heterocycles. The van der Waals surface area contributed by atoms with E-state index in [-0.39, 0.29) is 0 Å². The Kier molecular flexibility index (Phi) is 4.40. The maximum absolute atomic E-state index is 6.11. The van der Waals surface area contributed by atoms with Gasteiger partial charge in [0.15, 0.2) is 5.82 Å². The summed E-state index contributed by atoms with van der Waals surface area (Å²) in [4.78, 5) is 4.49. The highest BCUT2D eigenvalue weighted by Gasteiger charge is 2.11. The van der Waals surface area contributed by atoms with Crippen LogP contribution in [0.4, 0.5) is 11.5 Å². The second-order valence-electron chi connectivity index (χ2n) is 5.31. The molecule has 0 saturated carbocycles. The standard InChI is InChI=1S/C17H17ClN4O2/c1-10-5-6-16-19-11(2)17(22(16)9-10)21-20-13-8-14(23-3)12(18)7-15(13)24-4/h5-9H,1-4H3. The summed E-state index contributed by atoms with van der Waals surface area (Å²) in [7, 11) is 3.10. The van der Waals surface area contributed by atoms with Gasteiger partial charge < -0.3 is 9.47 Å². The molecule has 0 fully saturated rings. The number of azo groups is 1. The summed E-state index contributed by atoms with van der Waals surface area (Å²) in [6.07, 6.45) is 1.98. The first-order valence-electron chi connectivity index (χ1n) is 7.32. The fourth-order valence-electron chi connectivity index (χ4n) is 2.40. The summed E-state index contributed by atoms with van der Waals surface area (Å²) in [6.45, 7) is 3.92. The third-order valence-corrected chi connectivity index (χ3v) is 3.91. The maximum Gasteiger partial charge on any atom is 0.182 e. The lowest BCUT2D eigenvalue weighted by Crippen LogP contribution is -1.88. The van der Waals surface area contributed by atoms with Gasteiger partial charge in [-0.3, -0.25) is 4.40 Å². The normalized spacial score (nSPS) is 11.4. The van der Waals surface area contributed by atoms with Crippen LogP contribution in [-0.4, -0.2) is 23.6 Å². The average molecular weight is 345 g/mol. The molecule has 0 bridgehead atoms. The fourth-order valence-corrected chi connectivity index (χ4v) is 2.63. The summed E-state index contributed by atoms with van der Waals surface area (Å²) in [5, 5.41) is 9.13. The third kappa shape index (κ3) is 2.92. The van der Waals surface area contributed by atoms with Crippen molar-refractivity contribution in [1.29, 1.82) is 0 Å². The van der Waals surface area contributed by atoms with Crippen molar-refractivity contribution < 1.29 is 9.47 Å². The monoisotopic (exact) mass is 344 g/mol. The summed E-state index contributed by atoms with van der Waals surface area (Å²) in [5.41, 5.74) is 3.26. The molecule has 0 atom stereocenters. The van der Waals surface area contributed by atoms with Crippen LogP contribution in [-0.2, 0) is 0 Å². The van der Waals surface area contributed by atoms with Gasteiger partial charge in [-0.15, -0.1) is 10.2 Å². The van der Waals surface area contributed by atoms with Crippen molar-refractivity contribution in [3.63, 3.8) is 0 Å². The van der Waals surface area contributed by atoms with Crippen LogP contribution in [0.5, 0.6) is 11.5 Å². The Bertz CT molecular complexity index is 934. The largest absolute Gasteiger partial charge is 0.495 e. The van der Waals surface area contributed by atoms with Gasteiger partial charge in [0.25, 0.3) is 0 Å². The van der Waals surface area contributed by atoms with E-state index in [4.69, 9.17) is 21.1 Å². The Morgan fingerprint density at radius 2 is 1.79 bits per heavy atom. The number of ether oxygens (including phenoxy) is 2. The summed E-state index contributed by atoms with van der Waals surface area (Å²) < 4.78 is 12.5. The number of methoxy groups -OCH3 is 2. The fraction of sp³-hybridized carbons (Fsp3) is 0.235. The maximum atomic E-state index is 6.11. The van der Waals surface area contributed by atoms with E-state index < -0.39 is 0 Å². The van der Waals surface area contributed by atoms with E-state index in [9.17, 15) is 0 Å². The summed E-state index contributed by atoms with van der Waals surface area (Å²) >= 11 is 6.11. The van der Waals surface area contributed by atoms with Crippen LogP contribution < -0.4 is 9.47 Å². The first-order chi connectivity index (χ1) is 11.5. The van der Waals surface area contributed by atoms with Crippen LogP contribution in [0.15, 0.2) is 40.7 Å². The zero-order chi connectivity index (χ0) is 17.3. The van der Waals surface area contributed by atoms with Gasteiger partial charge in [-0.2, -0.15) is 0 Å². The number of hydrogen-bond donors (Lipinski definition) is 0. The number of aromatic nitrogens is 2. The number of rotatable bonds is 4. The predicted molar refractivity (Wildman–Crippen MR) is 93.4 cm³/mol. The van der Waals surface area contributed by atoms with Gasteiger partial charge in [-0.05, 0) is 25.5 Å². The van der Waals surface area contributed by atoms with Crippen molar-refractivity contribution >= 4 is 28.8 Å². The summed E-state index contributed by atoms with van der Waals surface area (Å²) in [5.74, 6) is 1.70. The van der Waals surface area contributed by atoms with Crippen LogP contribution in [0.2, 0.25) is 5.02 Å². The van der Waals surface area contributed by atoms with Gasteiger partial charge in [0.1, 0.15) is 22.8 Å². The average Bonchev–Trinajstić information content (AvgIpc) is 2.88. The number of imidazole rings is 1. The number of aryl methyl sites for hydroxylation is 2. The van der Waals surface area contributed by atoms with E-state index in [1.165, 1.54) is 0 Å². The molecule has 0 aliphatic heterocycles. The van der Waals surface area contributed by atoms with E-state index in [1.807, 2.05) is 36.6 Å². The van der Waals surface area contributed by atoms with Crippen molar-refractivity contribution in [3.8, 4) is 11.5 Å². The SMILES string of the molecule is COc1cc(N=Nc2c(C)nc3ccc(C)cn23)c(OC)cc1Cl. The molecule has 6 nitrogen and oxygen atoms in total. The molecule has 0 aliphatic carbocycles. The molecular formula is C17H17ClN4O2. The van der Waals surface area contributed by atoms with Crippen LogP contribution in [0.1, 0.15) is 11.3 Å². The molecule has 0 radical (unpaired) electrons. The molecule has 0 aliphatic rings. The second kappa shape index (κ2) is 6.49. The Morgan fingerprint density at radius 1 is 1.04 bits per heavy atom. The molecule has 124 valence electrons. The van der Waals surface area contributed by atoms with E-state index in [0.717, 1.165) is 16.9 Å². The lowest BCUT2D eigenvalue weighted by Gasteiger charge is -2.08. The van der Waals surface area contributed by atoms with Crippen LogP contribution in [0.25, 0.3) is 5.65 Å². The summed E-state index contributed by atoms with van der Waals surface area (Å²) in [6, 6.07) is 7.30. The Hall–Kier alpha value is -2.60. The molecule has 0 spiro atoms. The highest BCUT2D eigenvalue weighted by Crippen LogP contribution is 2.38. The topological polar surface area (TPSA) is 60.5 Å². The van der Waals surface area contributed by atoms with Gasteiger partial charge in [0, 0.05) is 18.3 Å². The highest BCUT2D eigenvalue weighted by atomic mass is 35.5. The predicted octanol–water partition coefficient (Wildman–Crippen LogP) is 5.04. The Balaban J connectivity index is 2.08. The number of benzene rings is 1. The zero-order valence-electron chi connectivity index (χ0n) is 13.9. The van der Waals surface area contributed by atoms with Gasteiger partial charge in [0.2, 0.25) is 0 Å². The van der Waals surface area contributed by atoms with E-state index in [1.54, 1.807) is 26.4 Å². The van der Waals surface area contributed by atoms with E-state index in [2.05, 4.69) is 15.2 Å². The molecule has 7 heteroatoms. The number of hydrogen-bond acceptors (Lipinski definition) is 5. The van der Waals surface area contributed by atoms with Crippen molar-refractivity contribution in [2.75, 3.05) is 14.2 Å². The molecule has 24 heavy (non-hydrogen) atoms. The van der Waals surface area contributed by atoms with Crippen molar-refractivity contribution in [3.05, 3.63) is 46.7 Å². The number of nitrogens with zero attached hydrogens (tertiary/aromatic N) is 4. The number of halogens is 1. The second-order valence-corrected chi connectivity index (χ2v) is 5.72. The molecule has 1 aromatic carbocycles. The van der Waals surface area contributed by atoms with E-state index in [0.29, 0.717) is 28.0 Å². The van der Waals surface area contributed by atoms with Gasteiger partial charge in [-0.1, -0.05) is 17.7 Å². The number of fused-ring (bicyclic) bond motifs is 1. The van der Waals surface area contributed by atoms with Crippen molar-refractivity contribution in [1.82, 2.24) is 9.38 Å². The van der Waals surface area contributed by atoms with Crippen LogP contribution in [0, 0.1) is 13.8 Å². The Morgan fingerprint density at radius 3 is 2.50 bits per heavy atom. The first kappa shape index (κ1) is 16.3. The molecule has 3 rings (SSSR count).